The van der Waals surface area contributed by atoms with Gasteiger partial charge in [-0.3, -0.25) is 10.1 Å². The lowest BCUT2D eigenvalue weighted by Crippen LogP contribution is -2.03. The summed E-state index contributed by atoms with van der Waals surface area (Å²) in [5.74, 6) is -0.449. The molecule has 0 aromatic carbocycles. The molecule has 2 heterocycles. The summed E-state index contributed by atoms with van der Waals surface area (Å²) in [5.41, 5.74) is 2.72. The van der Waals surface area contributed by atoms with Gasteiger partial charge in [0.15, 0.2) is 5.69 Å². The molecule has 0 radical (unpaired) electrons. The minimum absolute atomic E-state index is 0.318. The molecule has 0 spiro atoms. The SMILES string of the molecule is COC(=O)c1[nH]ncc1-c1ccc(C)cn1. The average molecular weight is 217 g/mol. The van der Waals surface area contributed by atoms with Crippen LogP contribution in [-0.2, 0) is 4.74 Å². The molecular weight excluding hydrogens is 206 g/mol. The zero-order valence-corrected chi connectivity index (χ0v) is 9.02. The Balaban J connectivity index is 2.44. The molecule has 0 unspecified atom stereocenters. The molecule has 0 saturated carbocycles. The molecule has 2 aromatic heterocycles. The van der Waals surface area contributed by atoms with Crippen molar-refractivity contribution in [1.82, 2.24) is 15.2 Å². The Labute approximate surface area is 92.5 Å². The lowest BCUT2D eigenvalue weighted by molar-refractivity contribution is 0.0595. The van der Waals surface area contributed by atoms with Crippen LogP contribution in [0, 0.1) is 6.92 Å². The molecule has 5 heteroatoms. The number of aromatic amines is 1. The molecule has 0 aliphatic heterocycles. The number of ether oxygens (including phenoxy) is 1. The van der Waals surface area contributed by atoms with Crippen LogP contribution in [0.2, 0.25) is 0 Å². The summed E-state index contributed by atoms with van der Waals surface area (Å²) in [6, 6.07) is 3.77. The quantitative estimate of drug-likeness (QED) is 0.775. The molecule has 0 aliphatic carbocycles. The number of carbonyl (C=O) groups is 1. The Bertz CT molecular complexity index is 502. The van der Waals surface area contributed by atoms with Crippen LogP contribution in [-0.4, -0.2) is 28.3 Å². The maximum Gasteiger partial charge on any atom is 0.356 e. The molecule has 1 N–H and O–H groups in total. The summed E-state index contributed by atoms with van der Waals surface area (Å²) < 4.78 is 4.64. The van der Waals surface area contributed by atoms with Crippen LogP contribution >= 0.6 is 0 Å². The fourth-order valence-corrected chi connectivity index (χ4v) is 1.37. The molecule has 2 rings (SSSR count). The van der Waals surface area contributed by atoms with E-state index in [4.69, 9.17) is 0 Å². The molecule has 2 aromatic rings. The van der Waals surface area contributed by atoms with E-state index in [2.05, 4.69) is 19.9 Å². The van der Waals surface area contributed by atoms with Gasteiger partial charge in [0.1, 0.15) is 0 Å². The Morgan fingerprint density at radius 3 is 2.81 bits per heavy atom. The van der Waals surface area contributed by atoms with E-state index in [0.717, 1.165) is 5.56 Å². The van der Waals surface area contributed by atoms with Gasteiger partial charge in [-0.15, -0.1) is 0 Å². The standard InChI is InChI=1S/C11H11N3O2/c1-7-3-4-9(12-5-7)8-6-13-14-10(8)11(15)16-2/h3-6H,1-2H3,(H,13,14). The summed E-state index contributed by atoms with van der Waals surface area (Å²) >= 11 is 0. The fourth-order valence-electron chi connectivity index (χ4n) is 1.37. The predicted octanol–water partition coefficient (Wildman–Crippen LogP) is 1.57. The highest BCUT2D eigenvalue weighted by Crippen LogP contribution is 2.20. The van der Waals surface area contributed by atoms with Gasteiger partial charge in [0.05, 0.1) is 24.6 Å². The molecule has 0 fully saturated rings. The van der Waals surface area contributed by atoms with Gasteiger partial charge < -0.3 is 4.74 Å². The second kappa shape index (κ2) is 4.14. The van der Waals surface area contributed by atoms with Crippen molar-refractivity contribution in [2.24, 2.45) is 0 Å². The number of H-pyrrole nitrogens is 1. The van der Waals surface area contributed by atoms with E-state index >= 15 is 0 Å². The van der Waals surface area contributed by atoms with Crippen molar-refractivity contribution in [3.8, 4) is 11.3 Å². The van der Waals surface area contributed by atoms with Crippen LogP contribution in [0.15, 0.2) is 24.5 Å². The Kier molecular flexibility index (Phi) is 2.68. The third kappa shape index (κ3) is 1.79. The van der Waals surface area contributed by atoms with Crippen LogP contribution in [0.25, 0.3) is 11.3 Å². The first-order chi connectivity index (χ1) is 7.72. The van der Waals surface area contributed by atoms with Crippen molar-refractivity contribution < 1.29 is 9.53 Å². The first kappa shape index (κ1) is 10.4. The van der Waals surface area contributed by atoms with Gasteiger partial charge in [-0.05, 0) is 18.6 Å². The second-order valence-corrected chi connectivity index (χ2v) is 3.37. The molecule has 0 bridgehead atoms. The number of hydrogen-bond acceptors (Lipinski definition) is 4. The van der Waals surface area contributed by atoms with Gasteiger partial charge >= 0.3 is 5.97 Å². The monoisotopic (exact) mass is 217 g/mol. The van der Waals surface area contributed by atoms with Gasteiger partial charge in [-0.25, -0.2) is 4.79 Å². The van der Waals surface area contributed by atoms with Crippen LogP contribution in [0.1, 0.15) is 16.1 Å². The zero-order chi connectivity index (χ0) is 11.5. The van der Waals surface area contributed by atoms with E-state index in [1.165, 1.54) is 7.11 Å². The number of aryl methyl sites for hydroxylation is 1. The van der Waals surface area contributed by atoms with Crippen molar-refractivity contribution in [2.75, 3.05) is 7.11 Å². The Hall–Kier alpha value is -2.17. The number of methoxy groups -OCH3 is 1. The molecule has 0 aliphatic rings. The zero-order valence-electron chi connectivity index (χ0n) is 9.02. The van der Waals surface area contributed by atoms with Gasteiger partial charge in [-0.2, -0.15) is 5.10 Å². The normalized spacial score (nSPS) is 10.1. The first-order valence-corrected chi connectivity index (χ1v) is 4.77. The number of nitrogens with zero attached hydrogens (tertiary/aromatic N) is 2. The van der Waals surface area contributed by atoms with Crippen molar-refractivity contribution in [3.63, 3.8) is 0 Å². The molecule has 82 valence electrons. The summed E-state index contributed by atoms with van der Waals surface area (Å²) in [4.78, 5) is 15.6. The van der Waals surface area contributed by atoms with E-state index in [0.29, 0.717) is 17.0 Å². The lowest BCUT2D eigenvalue weighted by atomic mass is 10.1. The highest BCUT2D eigenvalue weighted by molar-refractivity contribution is 5.94. The maximum atomic E-state index is 11.4. The molecular formula is C11H11N3O2. The van der Waals surface area contributed by atoms with Gasteiger partial charge in [0, 0.05) is 6.20 Å². The van der Waals surface area contributed by atoms with E-state index in [1.807, 2.05) is 19.1 Å². The van der Waals surface area contributed by atoms with E-state index < -0.39 is 5.97 Å². The largest absolute Gasteiger partial charge is 0.464 e. The van der Waals surface area contributed by atoms with E-state index in [9.17, 15) is 4.79 Å². The highest BCUT2D eigenvalue weighted by Gasteiger charge is 2.16. The molecule has 16 heavy (non-hydrogen) atoms. The summed E-state index contributed by atoms with van der Waals surface area (Å²) in [6.07, 6.45) is 3.30. The van der Waals surface area contributed by atoms with E-state index in [-0.39, 0.29) is 0 Å². The average Bonchev–Trinajstić information content (AvgIpc) is 2.78. The van der Waals surface area contributed by atoms with E-state index in [1.54, 1.807) is 12.4 Å². The fraction of sp³-hybridized carbons (Fsp3) is 0.182. The lowest BCUT2D eigenvalue weighted by Gasteiger charge is -2.01. The van der Waals surface area contributed by atoms with Gasteiger partial charge in [0.2, 0.25) is 0 Å². The van der Waals surface area contributed by atoms with Crippen molar-refractivity contribution in [2.45, 2.75) is 6.92 Å². The smallest absolute Gasteiger partial charge is 0.356 e. The number of aromatic nitrogens is 3. The minimum atomic E-state index is -0.449. The Morgan fingerprint density at radius 2 is 2.19 bits per heavy atom. The first-order valence-electron chi connectivity index (χ1n) is 4.77. The number of esters is 1. The molecule has 0 amide bonds. The number of rotatable bonds is 2. The second-order valence-electron chi connectivity index (χ2n) is 3.37. The maximum absolute atomic E-state index is 11.4. The topological polar surface area (TPSA) is 67.9 Å². The summed E-state index contributed by atoms with van der Waals surface area (Å²) in [6.45, 7) is 1.95. The summed E-state index contributed by atoms with van der Waals surface area (Å²) in [7, 11) is 1.33. The third-order valence-electron chi connectivity index (χ3n) is 2.22. The van der Waals surface area contributed by atoms with Crippen molar-refractivity contribution in [3.05, 3.63) is 35.8 Å². The van der Waals surface area contributed by atoms with Gasteiger partial charge in [0.25, 0.3) is 0 Å². The molecule has 5 nitrogen and oxygen atoms in total. The number of hydrogen-bond donors (Lipinski definition) is 1. The summed E-state index contributed by atoms with van der Waals surface area (Å²) in [5, 5.41) is 6.43. The van der Waals surface area contributed by atoms with Crippen molar-refractivity contribution in [1.29, 1.82) is 0 Å². The van der Waals surface area contributed by atoms with Crippen molar-refractivity contribution >= 4 is 5.97 Å². The van der Waals surface area contributed by atoms with Crippen LogP contribution in [0.5, 0.6) is 0 Å². The van der Waals surface area contributed by atoms with Crippen LogP contribution in [0.4, 0.5) is 0 Å². The molecule has 0 saturated heterocycles. The number of pyridine rings is 1. The number of nitrogens with one attached hydrogen (secondary N) is 1. The number of carbonyl (C=O) groups excluding carboxylic acids is 1. The van der Waals surface area contributed by atoms with Crippen LogP contribution < -0.4 is 0 Å². The highest BCUT2D eigenvalue weighted by atomic mass is 16.5. The predicted molar refractivity (Wildman–Crippen MR) is 57.9 cm³/mol. The third-order valence-corrected chi connectivity index (χ3v) is 2.22. The van der Waals surface area contributed by atoms with Gasteiger partial charge in [-0.1, -0.05) is 6.07 Å². The van der Waals surface area contributed by atoms with Crippen LogP contribution in [0.3, 0.4) is 0 Å². The molecule has 0 atom stereocenters. The minimum Gasteiger partial charge on any atom is -0.464 e. The Morgan fingerprint density at radius 1 is 1.38 bits per heavy atom.